The number of benzene rings is 2. The first kappa shape index (κ1) is 24.8. The van der Waals surface area contributed by atoms with Gasteiger partial charge < -0.3 is 23.7 Å². The fourth-order valence-corrected chi connectivity index (χ4v) is 4.27. The van der Waals surface area contributed by atoms with Crippen LogP contribution in [0, 0.1) is 0 Å². The Kier molecular flexibility index (Phi) is 7.23. The third-order valence-corrected chi connectivity index (χ3v) is 6.07. The molecule has 1 atom stereocenters. The second kappa shape index (κ2) is 10.5. The highest BCUT2D eigenvalue weighted by atomic mass is 16.5. The van der Waals surface area contributed by atoms with Crippen LogP contribution in [0.4, 0.5) is 5.95 Å². The lowest BCUT2D eigenvalue weighted by molar-refractivity contribution is 0.0962. The van der Waals surface area contributed by atoms with Gasteiger partial charge in [-0.05, 0) is 30.2 Å². The first-order valence-electron chi connectivity index (χ1n) is 11.1. The SMILES string of the molecule is COc1ccc([C@H]2CC(=O)c3cnc(NC(=O)c4cc(OC)c(OC)c(OC)c4)nc3C2)c(OC)c1. The summed E-state index contributed by atoms with van der Waals surface area (Å²) in [5.74, 6) is 1.77. The number of rotatable bonds is 8. The number of aromatic nitrogens is 2. The summed E-state index contributed by atoms with van der Waals surface area (Å²) < 4.78 is 26.8. The largest absolute Gasteiger partial charge is 0.497 e. The number of fused-ring (bicyclic) bond motifs is 1. The summed E-state index contributed by atoms with van der Waals surface area (Å²) in [5.41, 5.74) is 2.16. The molecule has 3 aromatic rings. The molecule has 1 aromatic heterocycles. The van der Waals surface area contributed by atoms with Crippen molar-refractivity contribution in [2.24, 2.45) is 0 Å². The van der Waals surface area contributed by atoms with Crippen LogP contribution in [0.1, 0.15) is 44.3 Å². The van der Waals surface area contributed by atoms with E-state index in [1.54, 1.807) is 20.3 Å². The Balaban J connectivity index is 1.60. The van der Waals surface area contributed by atoms with Gasteiger partial charge in [0.1, 0.15) is 11.5 Å². The minimum Gasteiger partial charge on any atom is -0.497 e. The molecule has 2 aromatic carbocycles. The van der Waals surface area contributed by atoms with Gasteiger partial charge >= 0.3 is 0 Å². The topological polar surface area (TPSA) is 118 Å². The van der Waals surface area contributed by atoms with Crippen LogP contribution in [0.15, 0.2) is 36.5 Å². The fourth-order valence-electron chi connectivity index (χ4n) is 4.27. The van der Waals surface area contributed by atoms with Crippen LogP contribution in [0.2, 0.25) is 0 Å². The van der Waals surface area contributed by atoms with Gasteiger partial charge in [-0.2, -0.15) is 0 Å². The van der Waals surface area contributed by atoms with Gasteiger partial charge in [-0.3, -0.25) is 14.9 Å². The lowest BCUT2D eigenvalue weighted by Crippen LogP contribution is -2.23. The van der Waals surface area contributed by atoms with E-state index >= 15 is 0 Å². The molecule has 0 spiro atoms. The maximum atomic E-state index is 13.0. The van der Waals surface area contributed by atoms with Crippen molar-refractivity contribution in [1.82, 2.24) is 9.97 Å². The Labute approximate surface area is 208 Å². The van der Waals surface area contributed by atoms with Crippen LogP contribution < -0.4 is 29.0 Å². The Morgan fingerprint density at radius 1 is 0.889 bits per heavy atom. The van der Waals surface area contributed by atoms with Gasteiger partial charge in [0.25, 0.3) is 5.91 Å². The van der Waals surface area contributed by atoms with Crippen molar-refractivity contribution < 1.29 is 33.3 Å². The third kappa shape index (κ3) is 4.74. The third-order valence-electron chi connectivity index (χ3n) is 6.07. The summed E-state index contributed by atoms with van der Waals surface area (Å²) in [6, 6.07) is 8.59. The number of anilines is 1. The number of carbonyl (C=O) groups is 2. The molecule has 0 bridgehead atoms. The van der Waals surface area contributed by atoms with E-state index in [0.29, 0.717) is 52.8 Å². The van der Waals surface area contributed by atoms with Crippen molar-refractivity contribution in [1.29, 1.82) is 0 Å². The molecular weight excluding hydrogens is 466 g/mol. The molecular formula is C26H27N3O7. The summed E-state index contributed by atoms with van der Waals surface area (Å²) in [6.07, 6.45) is 2.24. The highest BCUT2D eigenvalue weighted by Gasteiger charge is 2.30. The average molecular weight is 494 g/mol. The number of nitrogens with one attached hydrogen (secondary N) is 1. The van der Waals surface area contributed by atoms with E-state index in [2.05, 4.69) is 15.3 Å². The molecule has 0 radical (unpaired) electrons. The van der Waals surface area contributed by atoms with E-state index in [0.717, 1.165) is 5.56 Å². The molecule has 1 heterocycles. The molecule has 0 saturated heterocycles. The Morgan fingerprint density at radius 3 is 2.19 bits per heavy atom. The van der Waals surface area contributed by atoms with Crippen molar-refractivity contribution in [3.05, 3.63) is 58.9 Å². The molecule has 1 N–H and O–H groups in total. The zero-order valence-electron chi connectivity index (χ0n) is 20.7. The molecule has 1 aliphatic rings. The predicted octanol–water partition coefficient (Wildman–Crippen LogP) is 3.68. The minimum atomic E-state index is -0.468. The van der Waals surface area contributed by atoms with E-state index in [9.17, 15) is 9.59 Å². The van der Waals surface area contributed by atoms with E-state index in [1.807, 2.05) is 12.1 Å². The van der Waals surface area contributed by atoms with Crippen molar-refractivity contribution in [3.8, 4) is 28.7 Å². The Bertz CT molecular complexity index is 1280. The smallest absolute Gasteiger partial charge is 0.258 e. The first-order valence-corrected chi connectivity index (χ1v) is 11.1. The second-order valence-corrected chi connectivity index (χ2v) is 8.06. The normalized spacial score (nSPS) is 14.5. The van der Waals surface area contributed by atoms with Gasteiger partial charge in [0.2, 0.25) is 11.7 Å². The molecule has 10 heteroatoms. The lowest BCUT2D eigenvalue weighted by atomic mass is 9.82. The number of nitrogens with zero attached hydrogens (tertiary/aromatic N) is 2. The Hall–Kier alpha value is -4.34. The van der Waals surface area contributed by atoms with E-state index in [4.69, 9.17) is 23.7 Å². The molecule has 4 rings (SSSR count). The monoisotopic (exact) mass is 493 g/mol. The average Bonchev–Trinajstić information content (AvgIpc) is 2.91. The fraction of sp³-hybridized carbons (Fsp3) is 0.308. The van der Waals surface area contributed by atoms with E-state index in [1.165, 1.54) is 39.7 Å². The highest BCUT2D eigenvalue weighted by Crippen LogP contribution is 2.39. The van der Waals surface area contributed by atoms with Gasteiger partial charge in [0.05, 0.1) is 46.8 Å². The van der Waals surface area contributed by atoms with Crippen LogP contribution in [-0.4, -0.2) is 57.2 Å². The zero-order valence-corrected chi connectivity index (χ0v) is 20.7. The summed E-state index contributed by atoms with van der Waals surface area (Å²) in [6.45, 7) is 0. The van der Waals surface area contributed by atoms with Crippen molar-refractivity contribution in [3.63, 3.8) is 0 Å². The second-order valence-electron chi connectivity index (χ2n) is 8.06. The van der Waals surface area contributed by atoms with Crippen LogP contribution in [0.5, 0.6) is 28.7 Å². The Morgan fingerprint density at radius 2 is 1.58 bits per heavy atom. The summed E-state index contributed by atoms with van der Waals surface area (Å²) in [5, 5.41) is 2.69. The number of hydrogen-bond acceptors (Lipinski definition) is 9. The van der Waals surface area contributed by atoms with Crippen LogP contribution in [-0.2, 0) is 6.42 Å². The quantitative estimate of drug-likeness (QED) is 0.501. The summed E-state index contributed by atoms with van der Waals surface area (Å²) >= 11 is 0. The molecule has 188 valence electrons. The molecule has 0 saturated carbocycles. The number of amides is 1. The lowest BCUT2D eigenvalue weighted by Gasteiger charge is -2.25. The maximum absolute atomic E-state index is 13.0. The minimum absolute atomic E-state index is 0.0679. The van der Waals surface area contributed by atoms with Crippen molar-refractivity contribution in [2.45, 2.75) is 18.8 Å². The molecule has 10 nitrogen and oxygen atoms in total. The van der Waals surface area contributed by atoms with Gasteiger partial charge in [0, 0.05) is 30.2 Å². The maximum Gasteiger partial charge on any atom is 0.258 e. The molecule has 0 unspecified atom stereocenters. The molecule has 36 heavy (non-hydrogen) atoms. The standard InChI is InChI=1S/C26H27N3O7/c1-32-16-6-7-17(21(12-16)33-2)14-8-19-18(20(30)9-14)13-27-26(28-19)29-25(31)15-10-22(34-3)24(36-5)23(11-15)35-4/h6-7,10-14H,8-9H2,1-5H3,(H,27,28,29,31)/t14-/m1/s1. The van der Waals surface area contributed by atoms with Gasteiger partial charge in [-0.15, -0.1) is 0 Å². The number of carbonyl (C=O) groups excluding carboxylic acids is 2. The van der Waals surface area contributed by atoms with E-state index < -0.39 is 5.91 Å². The number of ether oxygens (including phenoxy) is 5. The predicted molar refractivity (Wildman–Crippen MR) is 131 cm³/mol. The van der Waals surface area contributed by atoms with E-state index in [-0.39, 0.29) is 23.2 Å². The first-order chi connectivity index (χ1) is 17.4. The van der Waals surface area contributed by atoms with Crippen LogP contribution >= 0.6 is 0 Å². The number of methoxy groups -OCH3 is 5. The zero-order chi connectivity index (χ0) is 25.8. The van der Waals surface area contributed by atoms with Gasteiger partial charge in [0.15, 0.2) is 17.3 Å². The number of ketones is 1. The van der Waals surface area contributed by atoms with Gasteiger partial charge in [-0.25, -0.2) is 9.97 Å². The molecule has 1 aliphatic carbocycles. The summed E-state index contributed by atoms with van der Waals surface area (Å²) in [7, 11) is 7.58. The van der Waals surface area contributed by atoms with Crippen LogP contribution in [0.25, 0.3) is 0 Å². The highest BCUT2D eigenvalue weighted by molar-refractivity contribution is 6.04. The molecule has 0 fully saturated rings. The number of Topliss-reactive ketones (excluding diaryl/α,β-unsaturated/α-hetero) is 1. The van der Waals surface area contributed by atoms with Crippen LogP contribution in [0.3, 0.4) is 0 Å². The number of hydrogen-bond donors (Lipinski definition) is 1. The summed E-state index contributed by atoms with van der Waals surface area (Å²) in [4.78, 5) is 34.5. The van der Waals surface area contributed by atoms with Crippen molar-refractivity contribution in [2.75, 3.05) is 40.9 Å². The van der Waals surface area contributed by atoms with Crippen molar-refractivity contribution >= 4 is 17.6 Å². The van der Waals surface area contributed by atoms with Gasteiger partial charge in [-0.1, -0.05) is 6.07 Å². The molecule has 1 amide bonds. The molecule has 0 aliphatic heterocycles.